The summed E-state index contributed by atoms with van der Waals surface area (Å²) in [7, 11) is -3.67. The smallest absolute Gasteiger partial charge is 0.261 e. The molecule has 2 aromatic rings. The van der Waals surface area contributed by atoms with Gasteiger partial charge in [0.05, 0.1) is 16.6 Å². The van der Waals surface area contributed by atoms with Crippen LogP contribution in [0.1, 0.15) is 32.6 Å². The van der Waals surface area contributed by atoms with E-state index in [-0.39, 0.29) is 16.8 Å². The second-order valence-electron chi connectivity index (χ2n) is 7.04. The van der Waals surface area contributed by atoms with E-state index >= 15 is 0 Å². The van der Waals surface area contributed by atoms with Crippen molar-refractivity contribution in [3.63, 3.8) is 0 Å². The number of rotatable bonds is 7. The molecular formula is C21H27N3O3S. The highest BCUT2D eigenvalue weighted by atomic mass is 32.2. The maximum atomic E-state index is 12.8. The molecule has 1 fully saturated rings. The number of amides is 1. The van der Waals surface area contributed by atoms with Gasteiger partial charge in [0.1, 0.15) is 0 Å². The number of nitrogens with one attached hydrogen (secondary N) is 2. The van der Waals surface area contributed by atoms with Gasteiger partial charge >= 0.3 is 0 Å². The highest BCUT2D eigenvalue weighted by Crippen LogP contribution is 2.22. The Morgan fingerprint density at radius 2 is 1.82 bits per heavy atom. The number of benzene rings is 2. The van der Waals surface area contributed by atoms with E-state index in [4.69, 9.17) is 0 Å². The first-order chi connectivity index (χ1) is 13.5. The summed E-state index contributed by atoms with van der Waals surface area (Å²) < 4.78 is 27.6. The van der Waals surface area contributed by atoms with Crippen LogP contribution in [0.2, 0.25) is 0 Å². The first-order valence-electron chi connectivity index (χ1n) is 9.72. The van der Waals surface area contributed by atoms with Crippen LogP contribution in [-0.2, 0) is 14.8 Å². The van der Waals surface area contributed by atoms with Crippen LogP contribution in [0.3, 0.4) is 0 Å². The van der Waals surface area contributed by atoms with Gasteiger partial charge in [-0.2, -0.15) is 0 Å². The summed E-state index contributed by atoms with van der Waals surface area (Å²) in [5.41, 5.74) is 0.996. The molecule has 1 amide bonds. The van der Waals surface area contributed by atoms with Gasteiger partial charge in [0.25, 0.3) is 10.0 Å². The van der Waals surface area contributed by atoms with Gasteiger partial charge in [0.15, 0.2) is 0 Å². The molecule has 2 N–H and O–H groups in total. The van der Waals surface area contributed by atoms with Gasteiger partial charge < -0.3 is 5.32 Å². The SMILES string of the molecule is CCCN1CCCCC1C(=O)Nc1cccc(NS(=O)(=O)c2ccccc2)c1. The maximum absolute atomic E-state index is 12.8. The monoisotopic (exact) mass is 401 g/mol. The minimum atomic E-state index is -3.67. The molecular weight excluding hydrogens is 374 g/mol. The van der Waals surface area contributed by atoms with Gasteiger partial charge in [0, 0.05) is 5.69 Å². The largest absolute Gasteiger partial charge is 0.325 e. The Balaban J connectivity index is 1.70. The fraction of sp³-hybridized carbons (Fsp3) is 0.381. The number of nitrogens with zero attached hydrogens (tertiary/aromatic N) is 1. The third-order valence-electron chi connectivity index (χ3n) is 4.86. The van der Waals surface area contributed by atoms with E-state index in [9.17, 15) is 13.2 Å². The van der Waals surface area contributed by atoms with Crippen LogP contribution in [-0.4, -0.2) is 38.4 Å². The van der Waals surface area contributed by atoms with E-state index in [1.54, 1.807) is 54.6 Å². The summed E-state index contributed by atoms with van der Waals surface area (Å²) in [6.07, 6.45) is 4.04. The predicted molar refractivity (Wildman–Crippen MR) is 112 cm³/mol. The molecule has 0 spiro atoms. The van der Waals surface area contributed by atoms with Crippen LogP contribution < -0.4 is 10.0 Å². The normalized spacial score (nSPS) is 17.8. The maximum Gasteiger partial charge on any atom is 0.261 e. The van der Waals surface area contributed by atoms with Gasteiger partial charge in [-0.15, -0.1) is 0 Å². The van der Waals surface area contributed by atoms with E-state index in [2.05, 4.69) is 21.9 Å². The topological polar surface area (TPSA) is 78.5 Å². The lowest BCUT2D eigenvalue weighted by Gasteiger charge is -2.34. The molecule has 1 unspecified atom stereocenters. The quantitative estimate of drug-likeness (QED) is 0.742. The Labute approximate surface area is 167 Å². The first kappa shape index (κ1) is 20.4. The molecule has 0 aromatic heterocycles. The van der Waals surface area contributed by atoms with E-state index in [0.717, 1.165) is 38.8 Å². The zero-order chi connectivity index (χ0) is 20.0. The van der Waals surface area contributed by atoms with Crippen LogP contribution in [0.25, 0.3) is 0 Å². The number of hydrogen-bond donors (Lipinski definition) is 2. The fourth-order valence-electron chi connectivity index (χ4n) is 3.54. The number of piperidine rings is 1. The van der Waals surface area contributed by atoms with Crippen molar-refractivity contribution in [1.82, 2.24) is 4.90 Å². The summed E-state index contributed by atoms with van der Waals surface area (Å²) in [4.78, 5) is 15.2. The standard InChI is InChI=1S/C21H27N3O3S/c1-2-14-24-15-7-6-13-20(24)21(25)22-17-9-8-10-18(16-17)23-28(26,27)19-11-4-3-5-12-19/h3-5,8-12,16,20,23H,2,6-7,13-15H2,1H3,(H,22,25). The van der Waals surface area contributed by atoms with Crippen molar-refractivity contribution < 1.29 is 13.2 Å². The molecule has 0 aliphatic carbocycles. The molecule has 28 heavy (non-hydrogen) atoms. The fourth-order valence-corrected chi connectivity index (χ4v) is 4.61. The third-order valence-corrected chi connectivity index (χ3v) is 6.26. The number of likely N-dealkylation sites (tertiary alicyclic amines) is 1. The van der Waals surface area contributed by atoms with E-state index < -0.39 is 10.0 Å². The average Bonchev–Trinajstić information content (AvgIpc) is 2.69. The van der Waals surface area contributed by atoms with Gasteiger partial charge in [-0.1, -0.05) is 37.6 Å². The number of carbonyl (C=O) groups is 1. The molecule has 1 aliphatic rings. The van der Waals surface area contributed by atoms with Crippen molar-refractivity contribution in [2.24, 2.45) is 0 Å². The lowest BCUT2D eigenvalue weighted by molar-refractivity contribution is -0.122. The van der Waals surface area contributed by atoms with Crippen LogP contribution in [0.15, 0.2) is 59.5 Å². The molecule has 3 rings (SSSR count). The zero-order valence-corrected chi connectivity index (χ0v) is 16.9. The van der Waals surface area contributed by atoms with Crippen LogP contribution in [0.4, 0.5) is 11.4 Å². The number of carbonyl (C=O) groups excluding carboxylic acids is 1. The molecule has 1 atom stereocenters. The summed E-state index contributed by atoms with van der Waals surface area (Å²) in [5, 5.41) is 2.95. The molecule has 0 radical (unpaired) electrons. The summed E-state index contributed by atoms with van der Waals surface area (Å²) in [6, 6.07) is 14.9. The Hall–Kier alpha value is -2.38. The molecule has 1 saturated heterocycles. The highest BCUT2D eigenvalue weighted by Gasteiger charge is 2.28. The average molecular weight is 402 g/mol. The lowest BCUT2D eigenvalue weighted by Crippen LogP contribution is -2.47. The molecule has 150 valence electrons. The van der Waals surface area contributed by atoms with Gasteiger partial charge in [-0.3, -0.25) is 14.4 Å². The molecule has 6 nitrogen and oxygen atoms in total. The van der Waals surface area contributed by atoms with Crippen molar-refractivity contribution in [2.45, 2.75) is 43.5 Å². The van der Waals surface area contributed by atoms with E-state index in [1.807, 2.05) is 0 Å². The van der Waals surface area contributed by atoms with Crippen molar-refractivity contribution >= 4 is 27.3 Å². The summed E-state index contributed by atoms with van der Waals surface area (Å²) in [5.74, 6) is -0.0313. The van der Waals surface area contributed by atoms with Crippen molar-refractivity contribution in [1.29, 1.82) is 0 Å². The number of anilines is 2. The van der Waals surface area contributed by atoms with Crippen LogP contribution in [0, 0.1) is 0 Å². The Bertz CT molecular complexity index is 898. The Kier molecular flexibility index (Phi) is 6.70. The van der Waals surface area contributed by atoms with Crippen LogP contribution in [0.5, 0.6) is 0 Å². The predicted octanol–water partition coefficient (Wildman–Crippen LogP) is 3.69. The second-order valence-corrected chi connectivity index (χ2v) is 8.72. The van der Waals surface area contributed by atoms with E-state index in [1.165, 1.54) is 0 Å². The molecule has 0 saturated carbocycles. The molecule has 0 bridgehead atoms. The third kappa shape index (κ3) is 5.11. The minimum absolute atomic E-state index is 0.0313. The molecule has 1 aliphatic heterocycles. The lowest BCUT2D eigenvalue weighted by atomic mass is 10.0. The summed E-state index contributed by atoms with van der Waals surface area (Å²) >= 11 is 0. The van der Waals surface area contributed by atoms with Gasteiger partial charge in [-0.05, 0) is 62.7 Å². The van der Waals surface area contributed by atoms with Crippen molar-refractivity contribution in [3.05, 3.63) is 54.6 Å². The van der Waals surface area contributed by atoms with Gasteiger partial charge in [0.2, 0.25) is 5.91 Å². The van der Waals surface area contributed by atoms with Crippen molar-refractivity contribution in [3.8, 4) is 0 Å². The minimum Gasteiger partial charge on any atom is -0.325 e. The Morgan fingerprint density at radius 3 is 2.57 bits per heavy atom. The van der Waals surface area contributed by atoms with Gasteiger partial charge in [-0.25, -0.2) is 8.42 Å². The molecule has 2 aromatic carbocycles. The zero-order valence-electron chi connectivity index (χ0n) is 16.1. The molecule has 1 heterocycles. The van der Waals surface area contributed by atoms with Crippen LogP contribution >= 0.6 is 0 Å². The Morgan fingerprint density at radius 1 is 1.07 bits per heavy atom. The first-order valence-corrected chi connectivity index (χ1v) is 11.2. The molecule has 7 heteroatoms. The van der Waals surface area contributed by atoms with Crippen molar-refractivity contribution in [2.75, 3.05) is 23.1 Å². The van der Waals surface area contributed by atoms with E-state index in [0.29, 0.717) is 11.4 Å². The summed E-state index contributed by atoms with van der Waals surface area (Å²) in [6.45, 7) is 3.98. The highest BCUT2D eigenvalue weighted by molar-refractivity contribution is 7.92. The number of sulfonamides is 1. The second kappa shape index (κ2) is 9.21. The number of hydrogen-bond acceptors (Lipinski definition) is 4.